The molecule has 0 atom stereocenters. The van der Waals surface area contributed by atoms with E-state index in [4.69, 9.17) is 9.84 Å². The molecule has 3 heterocycles. The number of β-amino-alcohol motifs (C(OH)–C–C–N with tert-alkyl or cyclic N) is 1. The molecule has 8 heteroatoms. The first-order valence-electron chi connectivity index (χ1n) is 5.53. The number of aliphatic hydroxyl groups excluding tert-OH is 1. The fourth-order valence-electron chi connectivity index (χ4n) is 1.93. The number of aliphatic imine (C=N–C) groups is 1. The van der Waals surface area contributed by atoms with E-state index in [2.05, 4.69) is 15.0 Å². The molecule has 1 N–H and O–H groups in total. The molecule has 1 aliphatic heterocycles. The highest BCUT2D eigenvalue weighted by Crippen LogP contribution is 2.43. The van der Waals surface area contributed by atoms with E-state index >= 15 is 0 Å². The molecule has 7 nitrogen and oxygen atoms in total. The van der Waals surface area contributed by atoms with Gasteiger partial charge in [0, 0.05) is 6.54 Å². The third-order valence-corrected chi connectivity index (χ3v) is 3.82. The average Bonchev–Trinajstić information content (AvgIpc) is 2.82. The van der Waals surface area contributed by atoms with Gasteiger partial charge >= 0.3 is 5.97 Å². The van der Waals surface area contributed by atoms with E-state index in [1.807, 2.05) is 0 Å². The van der Waals surface area contributed by atoms with Crippen LogP contribution in [-0.4, -0.2) is 47.6 Å². The highest BCUT2D eigenvalue weighted by atomic mass is 32.1. The first kappa shape index (κ1) is 12.0. The maximum atomic E-state index is 11.7. The van der Waals surface area contributed by atoms with E-state index in [1.165, 1.54) is 24.8 Å². The molecule has 1 aliphatic rings. The second-order valence-electron chi connectivity index (χ2n) is 3.81. The summed E-state index contributed by atoms with van der Waals surface area (Å²) in [6, 6.07) is 0. The van der Waals surface area contributed by atoms with E-state index in [0.29, 0.717) is 27.8 Å². The molecule has 19 heavy (non-hydrogen) atoms. The van der Waals surface area contributed by atoms with Gasteiger partial charge < -0.3 is 14.7 Å². The van der Waals surface area contributed by atoms with Gasteiger partial charge in [0.1, 0.15) is 27.5 Å². The molecule has 2 aromatic heterocycles. The summed E-state index contributed by atoms with van der Waals surface area (Å²) in [6.07, 6.45) is 2.99. The minimum Gasteiger partial charge on any atom is -0.465 e. The Morgan fingerprint density at radius 2 is 2.37 bits per heavy atom. The highest BCUT2D eigenvalue weighted by Gasteiger charge is 2.26. The van der Waals surface area contributed by atoms with Crippen LogP contribution in [0.25, 0.3) is 10.2 Å². The number of methoxy groups -OCH3 is 1. The van der Waals surface area contributed by atoms with E-state index < -0.39 is 5.97 Å². The SMILES string of the molecule is COC(=O)c1sc2ncnc3c2c1N=CN3CCO. The van der Waals surface area contributed by atoms with E-state index in [1.54, 1.807) is 11.2 Å². The standard InChI is InChI=1S/C11H10N4O3S/c1-18-11(17)8-7-6-9(12-4-13-10(6)19-8)15(2-3-16)5-14-7/h4-5,16H,2-3H2,1H3. The van der Waals surface area contributed by atoms with Gasteiger partial charge in [-0.1, -0.05) is 0 Å². The topological polar surface area (TPSA) is 87.9 Å². The molecule has 0 spiro atoms. The van der Waals surface area contributed by atoms with Crippen LogP contribution in [0.1, 0.15) is 9.67 Å². The van der Waals surface area contributed by atoms with Crippen molar-refractivity contribution in [3.05, 3.63) is 11.2 Å². The van der Waals surface area contributed by atoms with Crippen LogP contribution in [0.2, 0.25) is 0 Å². The second-order valence-corrected chi connectivity index (χ2v) is 4.81. The van der Waals surface area contributed by atoms with Crippen LogP contribution in [-0.2, 0) is 4.74 Å². The number of hydrogen-bond acceptors (Lipinski definition) is 8. The number of esters is 1. The van der Waals surface area contributed by atoms with Gasteiger partial charge in [-0.15, -0.1) is 11.3 Å². The van der Waals surface area contributed by atoms with Crippen LogP contribution in [0, 0.1) is 0 Å². The zero-order valence-corrected chi connectivity index (χ0v) is 10.8. The third kappa shape index (κ3) is 1.76. The Balaban J connectivity index is 2.23. The number of nitrogens with zero attached hydrogens (tertiary/aromatic N) is 4. The molecule has 0 saturated carbocycles. The van der Waals surface area contributed by atoms with Crippen LogP contribution >= 0.6 is 11.3 Å². The Kier molecular flexibility index (Phi) is 2.88. The van der Waals surface area contributed by atoms with Crippen LogP contribution in [0.15, 0.2) is 11.3 Å². The molecular formula is C11H10N4O3S. The Morgan fingerprint density at radius 3 is 3.11 bits per heavy atom. The van der Waals surface area contributed by atoms with Crippen molar-refractivity contribution in [3.63, 3.8) is 0 Å². The lowest BCUT2D eigenvalue weighted by molar-refractivity contribution is 0.0607. The zero-order chi connectivity index (χ0) is 13.4. The minimum absolute atomic E-state index is 0.0131. The van der Waals surface area contributed by atoms with Crippen LogP contribution in [0.4, 0.5) is 11.5 Å². The van der Waals surface area contributed by atoms with Crippen LogP contribution < -0.4 is 4.90 Å². The summed E-state index contributed by atoms with van der Waals surface area (Å²) in [5, 5.41) is 9.76. The van der Waals surface area contributed by atoms with Gasteiger partial charge in [-0.2, -0.15) is 0 Å². The summed E-state index contributed by atoms with van der Waals surface area (Å²) < 4.78 is 4.74. The van der Waals surface area contributed by atoms with Crippen molar-refractivity contribution in [3.8, 4) is 0 Å². The van der Waals surface area contributed by atoms with E-state index in [9.17, 15) is 4.79 Å². The zero-order valence-electron chi connectivity index (χ0n) is 10.0. The lowest BCUT2D eigenvalue weighted by Crippen LogP contribution is -2.27. The lowest BCUT2D eigenvalue weighted by atomic mass is 10.2. The molecule has 98 valence electrons. The molecule has 0 saturated heterocycles. The van der Waals surface area contributed by atoms with Crippen LogP contribution in [0.3, 0.4) is 0 Å². The monoisotopic (exact) mass is 278 g/mol. The van der Waals surface area contributed by atoms with Crippen molar-refractivity contribution in [2.24, 2.45) is 4.99 Å². The summed E-state index contributed by atoms with van der Waals surface area (Å²) in [7, 11) is 1.33. The Hall–Kier alpha value is -2.06. The number of hydrogen-bond donors (Lipinski definition) is 1. The van der Waals surface area contributed by atoms with Gasteiger partial charge in [0.2, 0.25) is 0 Å². The normalized spacial score (nSPS) is 13.1. The first-order valence-corrected chi connectivity index (χ1v) is 6.35. The van der Waals surface area contributed by atoms with Crippen LogP contribution in [0.5, 0.6) is 0 Å². The molecule has 0 radical (unpaired) electrons. The fourth-order valence-corrected chi connectivity index (χ4v) is 2.93. The summed E-state index contributed by atoms with van der Waals surface area (Å²) in [5.74, 6) is 0.215. The fraction of sp³-hybridized carbons (Fsp3) is 0.273. The van der Waals surface area contributed by atoms with Gasteiger partial charge in [0.25, 0.3) is 0 Å². The largest absolute Gasteiger partial charge is 0.465 e. The van der Waals surface area contributed by atoms with Gasteiger partial charge in [0.05, 0.1) is 25.4 Å². The molecule has 2 aromatic rings. The van der Waals surface area contributed by atoms with Crippen molar-refractivity contribution in [1.29, 1.82) is 0 Å². The number of anilines is 1. The molecular weight excluding hydrogens is 268 g/mol. The van der Waals surface area contributed by atoms with Crippen molar-refractivity contribution >= 4 is 45.4 Å². The maximum Gasteiger partial charge on any atom is 0.350 e. The smallest absolute Gasteiger partial charge is 0.350 e. The van der Waals surface area contributed by atoms with Crippen molar-refractivity contribution in [2.45, 2.75) is 0 Å². The van der Waals surface area contributed by atoms with E-state index in [-0.39, 0.29) is 6.61 Å². The number of aromatic nitrogens is 2. The summed E-state index contributed by atoms with van der Waals surface area (Å²) >= 11 is 1.23. The van der Waals surface area contributed by atoms with Gasteiger partial charge in [0.15, 0.2) is 0 Å². The number of ether oxygens (including phenoxy) is 1. The minimum atomic E-state index is -0.434. The van der Waals surface area contributed by atoms with Gasteiger partial charge in [-0.05, 0) is 0 Å². The average molecular weight is 278 g/mol. The molecule has 0 unspecified atom stereocenters. The van der Waals surface area contributed by atoms with Crippen molar-refractivity contribution in [2.75, 3.05) is 25.2 Å². The second kappa shape index (κ2) is 4.56. The predicted molar refractivity (Wildman–Crippen MR) is 71.3 cm³/mol. The Morgan fingerprint density at radius 1 is 1.53 bits per heavy atom. The molecule has 0 aliphatic carbocycles. The molecule has 0 bridgehead atoms. The number of rotatable bonds is 3. The Labute approximate surface area is 112 Å². The molecule has 0 amide bonds. The molecule has 0 fully saturated rings. The predicted octanol–water partition coefficient (Wildman–Crippen LogP) is 0.950. The summed E-state index contributed by atoms with van der Waals surface area (Å²) in [6.45, 7) is 0.374. The Bertz CT molecular complexity index is 682. The number of aliphatic hydroxyl groups is 1. The molecule has 3 rings (SSSR count). The number of thiophene rings is 1. The number of carbonyl (C=O) groups is 1. The molecule has 0 aromatic carbocycles. The summed E-state index contributed by atoms with van der Waals surface area (Å²) in [5.41, 5.74) is 0.539. The van der Waals surface area contributed by atoms with Gasteiger partial charge in [-0.25, -0.2) is 19.8 Å². The lowest BCUT2D eigenvalue weighted by Gasteiger charge is -2.21. The van der Waals surface area contributed by atoms with E-state index in [0.717, 1.165) is 5.39 Å². The third-order valence-electron chi connectivity index (χ3n) is 2.75. The first-order chi connectivity index (χ1) is 9.26. The summed E-state index contributed by atoms with van der Waals surface area (Å²) in [4.78, 5) is 27.2. The quantitative estimate of drug-likeness (QED) is 0.841. The van der Waals surface area contributed by atoms with Crippen molar-refractivity contribution < 1.29 is 14.6 Å². The van der Waals surface area contributed by atoms with Gasteiger partial charge in [-0.3, -0.25) is 0 Å². The van der Waals surface area contributed by atoms with Crippen molar-refractivity contribution in [1.82, 2.24) is 9.97 Å². The highest BCUT2D eigenvalue weighted by molar-refractivity contribution is 7.21. The number of carbonyl (C=O) groups excluding carboxylic acids is 1. The maximum absolute atomic E-state index is 11.7.